The number of nitrogens with one attached hydrogen (secondary N) is 2. The number of carbonyl (C=O) groups excluding carboxylic acids is 2. The number of nitrogens with zero attached hydrogens (tertiary/aromatic N) is 5. The third-order valence-electron chi connectivity index (χ3n) is 7.17. The zero-order chi connectivity index (χ0) is 29.4. The maximum absolute atomic E-state index is 12.5. The number of nitrogens with two attached hydrogens (primary N) is 1. The average Bonchev–Trinajstić information content (AvgIpc) is 2.96. The molecule has 0 spiro atoms. The van der Waals surface area contributed by atoms with Crippen LogP contribution in [0.5, 0.6) is 0 Å². The van der Waals surface area contributed by atoms with Crippen molar-refractivity contribution < 1.29 is 9.59 Å². The van der Waals surface area contributed by atoms with Gasteiger partial charge in [0.1, 0.15) is 28.5 Å². The first-order chi connectivity index (χ1) is 19.7. The van der Waals surface area contributed by atoms with Gasteiger partial charge in [-0.25, -0.2) is 9.97 Å². The standard InChI is InChI=1S/C30H36N8O2S.ClH/c1-19-6-3-4-16-38(19)17-15-33-26(40)14-13-22-7-5-8-25(35-22)28(41)30-36-27(24(18-31)29(32)37-30)21-9-11-23(12-10-21)34-20(2)39;/h5,7-12,19,28,41H,3-4,6,13-17H2,1-2H3,(H,33,40)(H,34,39)(H2,32,36,37);1H. The molecule has 1 fully saturated rings. The van der Waals surface area contributed by atoms with Gasteiger partial charge in [-0.2, -0.15) is 17.9 Å². The molecule has 10 nitrogen and oxygen atoms in total. The van der Waals surface area contributed by atoms with Gasteiger partial charge in [0.25, 0.3) is 0 Å². The molecule has 1 aliphatic rings. The van der Waals surface area contributed by atoms with E-state index in [1.165, 1.54) is 26.2 Å². The number of nitrogen functional groups attached to an aromatic ring is 1. The third kappa shape index (κ3) is 8.64. The second-order valence-electron chi connectivity index (χ2n) is 10.2. The number of pyridine rings is 1. The number of nitriles is 1. The number of thiol groups is 1. The minimum atomic E-state index is -0.609. The van der Waals surface area contributed by atoms with Crippen LogP contribution in [0.2, 0.25) is 0 Å². The highest BCUT2D eigenvalue weighted by molar-refractivity contribution is 7.80. The highest BCUT2D eigenvalue weighted by Gasteiger charge is 2.21. The van der Waals surface area contributed by atoms with E-state index in [1.54, 1.807) is 24.3 Å². The molecule has 3 aromatic rings. The van der Waals surface area contributed by atoms with E-state index >= 15 is 0 Å². The molecule has 2 amide bonds. The van der Waals surface area contributed by atoms with E-state index in [1.807, 2.05) is 18.2 Å². The van der Waals surface area contributed by atoms with Gasteiger partial charge in [-0.3, -0.25) is 19.5 Å². The zero-order valence-electron chi connectivity index (χ0n) is 23.8. The normalized spacial score (nSPS) is 15.6. The van der Waals surface area contributed by atoms with Crippen LogP contribution in [0.3, 0.4) is 0 Å². The molecule has 0 saturated carbocycles. The van der Waals surface area contributed by atoms with Gasteiger partial charge in [0.05, 0.1) is 11.4 Å². The quantitative estimate of drug-likeness (QED) is 0.249. The van der Waals surface area contributed by atoms with E-state index < -0.39 is 5.25 Å². The molecule has 0 radical (unpaired) electrons. The maximum Gasteiger partial charge on any atom is 0.221 e. The number of hydrogen-bond acceptors (Lipinski definition) is 9. The number of halogens is 1. The topological polar surface area (TPSA) is 150 Å². The Labute approximate surface area is 258 Å². The van der Waals surface area contributed by atoms with Crippen LogP contribution in [0.15, 0.2) is 42.5 Å². The Balaban J connectivity index is 0.00000484. The van der Waals surface area contributed by atoms with Crippen LogP contribution < -0.4 is 16.4 Å². The van der Waals surface area contributed by atoms with Crippen molar-refractivity contribution in [3.05, 3.63) is 65.2 Å². The van der Waals surface area contributed by atoms with E-state index in [0.717, 1.165) is 18.8 Å². The van der Waals surface area contributed by atoms with Crippen molar-refractivity contribution >= 4 is 48.4 Å². The van der Waals surface area contributed by atoms with E-state index in [-0.39, 0.29) is 35.6 Å². The molecular weight excluding hydrogens is 572 g/mol. The molecule has 12 heteroatoms. The second-order valence-corrected chi connectivity index (χ2v) is 10.8. The molecule has 2 aromatic heterocycles. The van der Waals surface area contributed by atoms with Crippen molar-refractivity contribution in [1.82, 2.24) is 25.2 Å². The molecule has 2 atom stereocenters. The zero-order valence-corrected chi connectivity index (χ0v) is 25.5. The van der Waals surface area contributed by atoms with Crippen LogP contribution in [0.4, 0.5) is 11.5 Å². The van der Waals surface area contributed by atoms with Crippen LogP contribution >= 0.6 is 25.0 Å². The Hall–Kier alpha value is -3.72. The van der Waals surface area contributed by atoms with E-state index in [9.17, 15) is 14.9 Å². The highest BCUT2D eigenvalue weighted by atomic mass is 35.5. The summed E-state index contributed by atoms with van der Waals surface area (Å²) in [6.07, 6.45) is 4.55. The summed E-state index contributed by atoms with van der Waals surface area (Å²) in [6.45, 7) is 6.29. The largest absolute Gasteiger partial charge is 0.382 e. The predicted octanol–water partition coefficient (Wildman–Crippen LogP) is 4.32. The molecular formula is C30H37ClN8O2S. The third-order valence-corrected chi connectivity index (χ3v) is 7.66. The summed E-state index contributed by atoms with van der Waals surface area (Å²) in [5.74, 6) is 0.172. The lowest BCUT2D eigenvalue weighted by atomic mass is 10.0. The smallest absolute Gasteiger partial charge is 0.221 e. The fourth-order valence-electron chi connectivity index (χ4n) is 4.93. The molecule has 1 saturated heterocycles. The van der Waals surface area contributed by atoms with Crippen molar-refractivity contribution in [3.8, 4) is 17.3 Å². The van der Waals surface area contributed by atoms with Crippen LogP contribution in [-0.4, -0.2) is 57.3 Å². The van der Waals surface area contributed by atoms with Crippen molar-refractivity contribution in [1.29, 1.82) is 5.26 Å². The van der Waals surface area contributed by atoms with Gasteiger partial charge in [-0.1, -0.05) is 24.6 Å². The molecule has 2 unspecified atom stereocenters. The summed E-state index contributed by atoms with van der Waals surface area (Å²) in [6, 6.07) is 15.2. The summed E-state index contributed by atoms with van der Waals surface area (Å²) in [7, 11) is 0. The van der Waals surface area contributed by atoms with Crippen molar-refractivity contribution in [2.75, 3.05) is 30.7 Å². The first kappa shape index (κ1) is 32.8. The van der Waals surface area contributed by atoms with Crippen molar-refractivity contribution in [2.45, 2.75) is 57.2 Å². The van der Waals surface area contributed by atoms with Crippen LogP contribution in [-0.2, 0) is 16.0 Å². The number of amides is 2. The van der Waals surface area contributed by atoms with Gasteiger partial charge in [-0.05, 0) is 57.0 Å². The monoisotopic (exact) mass is 608 g/mol. The fourth-order valence-corrected chi connectivity index (χ4v) is 5.19. The average molecular weight is 609 g/mol. The summed E-state index contributed by atoms with van der Waals surface area (Å²) < 4.78 is 0. The lowest BCUT2D eigenvalue weighted by Crippen LogP contribution is -2.42. The van der Waals surface area contributed by atoms with E-state index in [0.29, 0.717) is 53.9 Å². The number of anilines is 2. The van der Waals surface area contributed by atoms with Gasteiger partial charge in [0, 0.05) is 49.4 Å². The lowest BCUT2D eigenvalue weighted by molar-refractivity contribution is -0.121. The summed E-state index contributed by atoms with van der Waals surface area (Å²) in [4.78, 5) is 39.9. The van der Waals surface area contributed by atoms with Crippen LogP contribution in [0.25, 0.3) is 11.3 Å². The lowest BCUT2D eigenvalue weighted by Gasteiger charge is -2.33. The van der Waals surface area contributed by atoms with Gasteiger partial charge in [-0.15, -0.1) is 12.4 Å². The minimum absolute atomic E-state index is 0. The van der Waals surface area contributed by atoms with E-state index in [2.05, 4.69) is 38.5 Å². The maximum atomic E-state index is 12.5. The summed E-state index contributed by atoms with van der Waals surface area (Å²) >= 11 is 4.74. The Morgan fingerprint density at radius 2 is 1.93 bits per heavy atom. The summed E-state index contributed by atoms with van der Waals surface area (Å²) in [5.41, 5.74) is 9.33. The molecule has 42 heavy (non-hydrogen) atoms. The van der Waals surface area contributed by atoms with Crippen LogP contribution in [0, 0.1) is 11.3 Å². The first-order valence-corrected chi connectivity index (χ1v) is 14.4. The molecule has 4 rings (SSSR count). The molecule has 1 aliphatic heterocycles. The SMILES string of the molecule is CC(=O)Nc1ccc(-c2nc(C(S)c3cccc(CCC(=O)NCCN4CCCCC4C)n3)nc(N)c2C#N)cc1.Cl. The molecule has 0 bridgehead atoms. The van der Waals surface area contributed by atoms with Crippen LogP contribution in [0.1, 0.15) is 67.6 Å². The summed E-state index contributed by atoms with van der Waals surface area (Å²) in [5, 5.41) is 14.9. The van der Waals surface area contributed by atoms with Crippen molar-refractivity contribution in [2.24, 2.45) is 0 Å². The Kier molecular flexibility index (Phi) is 12.1. The predicted molar refractivity (Wildman–Crippen MR) is 169 cm³/mol. The first-order valence-electron chi connectivity index (χ1n) is 13.9. The van der Waals surface area contributed by atoms with Crippen molar-refractivity contribution in [3.63, 3.8) is 0 Å². The Bertz CT molecular complexity index is 1430. The second kappa shape index (κ2) is 15.5. The molecule has 222 valence electrons. The van der Waals surface area contributed by atoms with E-state index in [4.69, 9.17) is 23.3 Å². The van der Waals surface area contributed by atoms with Gasteiger partial charge >= 0.3 is 0 Å². The Morgan fingerprint density at radius 1 is 1.17 bits per heavy atom. The highest BCUT2D eigenvalue weighted by Crippen LogP contribution is 2.31. The van der Waals surface area contributed by atoms with Gasteiger partial charge < -0.3 is 16.4 Å². The molecule has 4 N–H and O–H groups in total. The molecule has 1 aromatic carbocycles. The number of rotatable bonds is 10. The number of aryl methyl sites for hydroxylation is 1. The molecule has 0 aliphatic carbocycles. The number of likely N-dealkylation sites (tertiary alicyclic amines) is 1. The number of hydrogen-bond donors (Lipinski definition) is 4. The number of carbonyl (C=O) groups is 2. The number of benzene rings is 1. The fraction of sp³-hybridized carbons (Fsp3) is 0.400. The number of aromatic nitrogens is 3. The van der Waals surface area contributed by atoms with Gasteiger partial charge in [0.15, 0.2) is 0 Å². The molecule has 3 heterocycles. The Morgan fingerprint density at radius 3 is 2.62 bits per heavy atom. The number of piperidine rings is 1. The minimum Gasteiger partial charge on any atom is -0.382 e. The van der Waals surface area contributed by atoms with Gasteiger partial charge in [0.2, 0.25) is 11.8 Å².